The number of ether oxygens (including phenoxy) is 3. The van der Waals surface area contributed by atoms with E-state index in [0.29, 0.717) is 22.8 Å². The highest BCUT2D eigenvalue weighted by Crippen LogP contribution is 2.26. The van der Waals surface area contributed by atoms with E-state index in [1.807, 2.05) is 42.1 Å². The molecule has 4 rings (SSSR count). The van der Waals surface area contributed by atoms with Crippen LogP contribution < -0.4 is 9.47 Å². The summed E-state index contributed by atoms with van der Waals surface area (Å²) in [6.07, 6.45) is 4.44. The maximum Gasteiger partial charge on any atom is 0.337 e. The van der Waals surface area contributed by atoms with Crippen LogP contribution in [0.5, 0.6) is 17.2 Å². The van der Waals surface area contributed by atoms with Crippen LogP contribution in [0.15, 0.2) is 60.9 Å². The van der Waals surface area contributed by atoms with Crippen molar-refractivity contribution < 1.29 is 19.0 Å². The number of hydrogen-bond donors (Lipinski definition) is 0. The summed E-state index contributed by atoms with van der Waals surface area (Å²) in [6.45, 7) is 2.34. The molecular weight excluding hydrogens is 394 g/mol. The molecule has 2 heterocycles. The number of fused-ring (bicyclic) bond motifs is 1. The number of benzene rings is 2. The van der Waals surface area contributed by atoms with E-state index in [2.05, 4.69) is 16.9 Å². The molecule has 4 aromatic rings. The number of imidazole rings is 1. The Hall–Kier alpha value is -3.87. The molecule has 0 amide bonds. The van der Waals surface area contributed by atoms with Gasteiger partial charge in [0.05, 0.1) is 29.9 Å². The van der Waals surface area contributed by atoms with E-state index in [9.17, 15) is 4.79 Å². The normalized spacial score (nSPS) is 10.8. The summed E-state index contributed by atoms with van der Waals surface area (Å²) in [5.41, 5.74) is 3.33. The van der Waals surface area contributed by atoms with Gasteiger partial charge in [-0.2, -0.15) is 0 Å². The molecule has 2 aromatic heterocycles. The van der Waals surface area contributed by atoms with E-state index in [1.54, 1.807) is 30.5 Å². The maximum absolute atomic E-state index is 11.7. The Bertz CT molecular complexity index is 1230. The number of esters is 1. The quantitative estimate of drug-likeness (QED) is 0.406. The second kappa shape index (κ2) is 8.87. The highest BCUT2D eigenvalue weighted by molar-refractivity contribution is 5.89. The third kappa shape index (κ3) is 4.50. The zero-order valence-electron chi connectivity index (χ0n) is 17.7. The summed E-state index contributed by atoms with van der Waals surface area (Å²) in [5, 5.41) is 0. The summed E-state index contributed by atoms with van der Waals surface area (Å²) in [7, 11) is 3.28. The topological polar surface area (TPSA) is 75.5 Å². The smallest absolute Gasteiger partial charge is 0.337 e. The van der Waals surface area contributed by atoms with Crippen molar-refractivity contribution in [3.05, 3.63) is 77.9 Å². The maximum atomic E-state index is 11.7. The van der Waals surface area contributed by atoms with Crippen molar-refractivity contribution in [2.45, 2.75) is 20.0 Å². The first-order valence-corrected chi connectivity index (χ1v) is 9.95. The molecule has 0 bridgehead atoms. The first-order chi connectivity index (χ1) is 15.1. The van der Waals surface area contributed by atoms with Crippen LogP contribution in [0.1, 0.15) is 28.7 Å². The Kier molecular flexibility index (Phi) is 5.84. The first kappa shape index (κ1) is 20.4. The molecule has 0 aliphatic rings. The number of carbonyl (C=O) groups is 1. The van der Waals surface area contributed by atoms with Gasteiger partial charge in [-0.05, 0) is 48.4 Å². The predicted molar refractivity (Wildman–Crippen MR) is 117 cm³/mol. The lowest BCUT2D eigenvalue weighted by molar-refractivity contribution is 0.0600. The molecule has 31 heavy (non-hydrogen) atoms. The van der Waals surface area contributed by atoms with E-state index in [0.717, 1.165) is 28.8 Å². The minimum Gasteiger partial charge on any atom is -0.486 e. The van der Waals surface area contributed by atoms with Gasteiger partial charge in [-0.25, -0.2) is 9.78 Å². The zero-order valence-corrected chi connectivity index (χ0v) is 17.7. The minimum atomic E-state index is -0.402. The van der Waals surface area contributed by atoms with Gasteiger partial charge >= 0.3 is 5.97 Å². The van der Waals surface area contributed by atoms with Crippen LogP contribution in [-0.4, -0.2) is 27.6 Å². The Morgan fingerprint density at radius 1 is 1.03 bits per heavy atom. The first-order valence-electron chi connectivity index (χ1n) is 9.95. The van der Waals surface area contributed by atoms with Crippen LogP contribution in [0, 0.1) is 0 Å². The molecule has 0 spiro atoms. The molecule has 0 aliphatic heterocycles. The van der Waals surface area contributed by atoms with Gasteiger partial charge in [-0.15, -0.1) is 0 Å². The van der Waals surface area contributed by atoms with Crippen molar-refractivity contribution >= 4 is 17.0 Å². The number of aryl methyl sites for hydroxylation is 2. The summed E-state index contributed by atoms with van der Waals surface area (Å²) in [4.78, 5) is 20.6. The van der Waals surface area contributed by atoms with Gasteiger partial charge in [0.15, 0.2) is 0 Å². The molecule has 7 nitrogen and oxygen atoms in total. The minimum absolute atomic E-state index is 0.258. The Balaban J connectivity index is 1.52. The van der Waals surface area contributed by atoms with Gasteiger partial charge in [0.25, 0.3) is 0 Å². The molecular formula is C24H23N3O4. The highest BCUT2D eigenvalue weighted by Gasteiger charge is 2.11. The van der Waals surface area contributed by atoms with Crippen LogP contribution in [0.25, 0.3) is 11.0 Å². The van der Waals surface area contributed by atoms with Crippen molar-refractivity contribution in [3.63, 3.8) is 0 Å². The number of rotatable bonds is 7. The van der Waals surface area contributed by atoms with Gasteiger partial charge in [0.1, 0.15) is 29.7 Å². The predicted octanol–water partition coefficient (Wildman–Crippen LogP) is 4.69. The molecule has 0 N–H and O–H groups in total. The third-order valence-corrected chi connectivity index (χ3v) is 4.98. The molecule has 0 unspecified atom stereocenters. The standard InChI is InChI=1S/C24H23N3O4/c1-4-16-10-20(14-25-13-16)31-19-8-9-21-22(12-19)27(2)23(26-21)15-30-18-7-5-6-17(11-18)24(28)29-3/h5-14H,4,15H2,1-3H3. The zero-order chi connectivity index (χ0) is 21.8. The van der Waals surface area contributed by atoms with Crippen molar-refractivity contribution in [2.24, 2.45) is 7.05 Å². The van der Waals surface area contributed by atoms with Gasteiger partial charge in [0, 0.05) is 19.3 Å². The monoisotopic (exact) mass is 417 g/mol. The number of aromatic nitrogens is 3. The van der Waals surface area contributed by atoms with E-state index in [4.69, 9.17) is 14.2 Å². The molecule has 0 aliphatic carbocycles. The van der Waals surface area contributed by atoms with Crippen LogP contribution in [0.2, 0.25) is 0 Å². The van der Waals surface area contributed by atoms with Crippen molar-refractivity contribution in [3.8, 4) is 17.2 Å². The fraction of sp³-hybridized carbons (Fsp3) is 0.208. The van der Waals surface area contributed by atoms with Crippen molar-refractivity contribution in [1.82, 2.24) is 14.5 Å². The van der Waals surface area contributed by atoms with Gasteiger partial charge < -0.3 is 18.8 Å². The number of methoxy groups -OCH3 is 1. The lowest BCUT2D eigenvalue weighted by atomic mass is 10.2. The molecule has 0 saturated heterocycles. The Morgan fingerprint density at radius 2 is 1.90 bits per heavy atom. The van der Waals surface area contributed by atoms with Gasteiger partial charge in [-0.3, -0.25) is 4.98 Å². The second-order valence-corrected chi connectivity index (χ2v) is 7.03. The average molecular weight is 417 g/mol. The van der Waals surface area contributed by atoms with Crippen molar-refractivity contribution in [1.29, 1.82) is 0 Å². The summed E-state index contributed by atoms with van der Waals surface area (Å²) in [5.74, 6) is 2.34. The van der Waals surface area contributed by atoms with Gasteiger partial charge in [0.2, 0.25) is 0 Å². The molecule has 7 heteroatoms. The average Bonchev–Trinajstić information content (AvgIpc) is 3.12. The van der Waals surface area contributed by atoms with Crippen LogP contribution >= 0.6 is 0 Å². The fourth-order valence-electron chi connectivity index (χ4n) is 3.24. The molecule has 0 fully saturated rings. The highest BCUT2D eigenvalue weighted by atomic mass is 16.5. The van der Waals surface area contributed by atoms with Crippen LogP contribution in [-0.2, 0) is 24.8 Å². The lowest BCUT2D eigenvalue weighted by Crippen LogP contribution is -2.05. The SMILES string of the molecule is CCc1cncc(Oc2ccc3nc(COc4cccc(C(=O)OC)c4)n(C)c3c2)c1. The summed E-state index contributed by atoms with van der Waals surface area (Å²) in [6, 6.07) is 14.6. The second-order valence-electron chi connectivity index (χ2n) is 7.03. The van der Waals surface area contributed by atoms with Crippen molar-refractivity contribution in [2.75, 3.05) is 7.11 Å². The molecule has 0 radical (unpaired) electrons. The van der Waals surface area contributed by atoms with Gasteiger partial charge in [-0.1, -0.05) is 13.0 Å². The lowest BCUT2D eigenvalue weighted by Gasteiger charge is -2.08. The molecule has 158 valence electrons. The molecule has 0 atom stereocenters. The molecule has 0 saturated carbocycles. The number of hydrogen-bond acceptors (Lipinski definition) is 6. The Morgan fingerprint density at radius 3 is 2.71 bits per heavy atom. The Labute approximate surface area is 180 Å². The third-order valence-electron chi connectivity index (χ3n) is 4.98. The number of pyridine rings is 1. The van der Waals surface area contributed by atoms with E-state index >= 15 is 0 Å². The van der Waals surface area contributed by atoms with Crippen LogP contribution in [0.3, 0.4) is 0 Å². The van der Waals surface area contributed by atoms with E-state index < -0.39 is 5.97 Å². The van der Waals surface area contributed by atoms with E-state index in [-0.39, 0.29) is 6.61 Å². The largest absolute Gasteiger partial charge is 0.486 e. The van der Waals surface area contributed by atoms with E-state index in [1.165, 1.54) is 7.11 Å². The summed E-state index contributed by atoms with van der Waals surface area (Å²) >= 11 is 0. The number of carbonyl (C=O) groups excluding carboxylic acids is 1. The summed E-state index contributed by atoms with van der Waals surface area (Å²) < 4.78 is 18.6. The number of nitrogens with zero attached hydrogens (tertiary/aromatic N) is 3. The fourth-order valence-corrected chi connectivity index (χ4v) is 3.24. The molecule has 2 aromatic carbocycles. The van der Waals surface area contributed by atoms with Crippen LogP contribution in [0.4, 0.5) is 0 Å².